The van der Waals surface area contributed by atoms with Crippen molar-refractivity contribution in [2.24, 2.45) is 0 Å². The van der Waals surface area contributed by atoms with Gasteiger partial charge in [-0.15, -0.1) is 0 Å². The molecule has 0 saturated carbocycles. The number of ether oxygens (including phenoxy) is 2. The lowest BCUT2D eigenvalue weighted by atomic mass is 9.93. The average molecular weight is 550 g/mol. The van der Waals surface area contributed by atoms with E-state index >= 15 is 0 Å². The fourth-order valence-electron chi connectivity index (χ4n) is 5.31. The van der Waals surface area contributed by atoms with Crippen molar-refractivity contribution in [3.8, 4) is 5.88 Å². The van der Waals surface area contributed by atoms with Crippen molar-refractivity contribution >= 4 is 27.9 Å². The lowest BCUT2D eigenvalue weighted by Gasteiger charge is -2.32. The van der Waals surface area contributed by atoms with E-state index in [4.69, 9.17) is 14.5 Å². The zero-order valence-corrected chi connectivity index (χ0v) is 23.8. The van der Waals surface area contributed by atoms with Crippen LogP contribution in [0, 0.1) is 0 Å². The summed E-state index contributed by atoms with van der Waals surface area (Å²) in [4.78, 5) is 28.9. The first-order valence-corrected chi connectivity index (χ1v) is 14.1. The third-order valence-electron chi connectivity index (χ3n) is 7.39. The van der Waals surface area contributed by atoms with Gasteiger partial charge in [-0.1, -0.05) is 24.3 Å². The summed E-state index contributed by atoms with van der Waals surface area (Å²) in [6.07, 6.45) is 5.74. The molecular weight excluding hydrogens is 514 g/mol. The largest absolute Gasteiger partial charge is 0.473 e. The third kappa shape index (κ3) is 6.38. The number of imidazole rings is 1. The number of carbonyl (C=O) groups is 1. The number of likely N-dealkylation sites (tertiary alicyclic amines) is 1. The van der Waals surface area contributed by atoms with E-state index in [1.165, 1.54) is 0 Å². The summed E-state index contributed by atoms with van der Waals surface area (Å²) >= 11 is 0. The molecule has 0 unspecified atom stereocenters. The lowest BCUT2D eigenvalue weighted by Crippen LogP contribution is -2.34. The summed E-state index contributed by atoms with van der Waals surface area (Å²) in [6, 6.07) is 21.8. The van der Waals surface area contributed by atoms with Crippen LogP contribution in [-0.4, -0.2) is 49.1 Å². The van der Waals surface area contributed by atoms with Crippen molar-refractivity contribution in [3.05, 3.63) is 96.1 Å². The van der Waals surface area contributed by atoms with Crippen molar-refractivity contribution in [1.82, 2.24) is 24.4 Å². The van der Waals surface area contributed by atoms with Crippen LogP contribution >= 0.6 is 0 Å². The maximum Gasteiger partial charge on any atom is 0.338 e. The number of hydrogen-bond acceptors (Lipinski definition) is 7. The minimum absolute atomic E-state index is 0.319. The van der Waals surface area contributed by atoms with Gasteiger partial charge in [-0.2, -0.15) is 0 Å². The molecule has 1 fully saturated rings. The maximum absolute atomic E-state index is 12.6. The van der Waals surface area contributed by atoms with E-state index in [-0.39, 0.29) is 5.97 Å². The van der Waals surface area contributed by atoms with E-state index in [0.717, 1.165) is 65.8 Å². The number of para-hydroxylation sites is 1. The fraction of sp³-hybridized carbons (Fsp3) is 0.333. The second kappa shape index (κ2) is 11.3. The number of esters is 1. The number of hydrogen-bond donors (Lipinski definition) is 0. The molecule has 0 amide bonds. The highest BCUT2D eigenvalue weighted by molar-refractivity contribution is 5.93. The summed E-state index contributed by atoms with van der Waals surface area (Å²) in [5.41, 5.74) is 4.89. The Bertz CT molecular complexity index is 1680. The molecule has 2 aromatic carbocycles. The summed E-state index contributed by atoms with van der Waals surface area (Å²) < 4.78 is 13.7. The lowest BCUT2D eigenvalue weighted by molar-refractivity contribution is 0.00696. The van der Waals surface area contributed by atoms with Crippen molar-refractivity contribution in [2.75, 3.05) is 13.1 Å². The number of benzene rings is 2. The highest BCUT2D eigenvalue weighted by atomic mass is 16.6. The molecule has 1 saturated heterocycles. The number of carbonyl (C=O) groups excluding carboxylic acids is 1. The Kier molecular flexibility index (Phi) is 7.41. The van der Waals surface area contributed by atoms with Crippen LogP contribution in [0.5, 0.6) is 5.88 Å². The number of piperidine rings is 1. The van der Waals surface area contributed by atoms with Gasteiger partial charge in [-0.25, -0.2) is 14.8 Å². The van der Waals surface area contributed by atoms with Crippen molar-refractivity contribution in [1.29, 1.82) is 0 Å². The summed E-state index contributed by atoms with van der Waals surface area (Å²) in [5, 5.41) is 1.11. The molecule has 0 N–H and O–H groups in total. The molecule has 8 heteroatoms. The number of aromatic nitrogens is 4. The smallest absolute Gasteiger partial charge is 0.338 e. The predicted molar refractivity (Wildman–Crippen MR) is 159 cm³/mol. The van der Waals surface area contributed by atoms with Gasteiger partial charge in [-0.05, 0) is 70.0 Å². The van der Waals surface area contributed by atoms with Gasteiger partial charge in [0.05, 0.1) is 35.1 Å². The Morgan fingerprint density at radius 3 is 2.61 bits per heavy atom. The second-order valence-corrected chi connectivity index (χ2v) is 11.7. The predicted octanol–water partition coefficient (Wildman–Crippen LogP) is 6.35. The van der Waals surface area contributed by atoms with Crippen LogP contribution < -0.4 is 4.74 Å². The van der Waals surface area contributed by atoms with Crippen LogP contribution in [0.4, 0.5) is 0 Å². The molecule has 0 radical (unpaired) electrons. The standard InChI is InChI=1S/C33H35N5O3/c1-33(2,3)41-32(39)26-11-12-29-30(18-26)38(21-35-29)22-37-15-13-24(14-16-37)28-9-6-10-31(36-28)40-20-23-17-25-7-4-5-8-27(25)34-19-23/h4-12,17-19,21,24H,13-16,20,22H2,1-3H3. The molecule has 5 aromatic rings. The van der Waals surface area contributed by atoms with Crippen LogP contribution in [-0.2, 0) is 18.0 Å². The van der Waals surface area contributed by atoms with Crippen LogP contribution in [0.1, 0.15) is 61.1 Å². The van der Waals surface area contributed by atoms with Crippen molar-refractivity contribution in [2.45, 2.75) is 58.4 Å². The van der Waals surface area contributed by atoms with E-state index in [2.05, 4.69) is 37.6 Å². The summed E-state index contributed by atoms with van der Waals surface area (Å²) in [5.74, 6) is 0.708. The summed E-state index contributed by atoms with van der Waals surface area (Å²) in [7, 11) is 0. The van der Waals surface area contributed by atoms with E-state index in [9.17, 15) is 4.79 Å². The molecule has 1 aliphatic heterocycles. The van der Waals surface area contributed by atoms with Crippen LogP contribution in [0.15, 0.2) is 79.3 Å². The number of nitrogens with zero attached hydrogens (tertiary/aromatic N) is 5. The fourth-order valence-corrected chi connectivity index (χ4v) is 5.31. The average Bonchev–Trinajstić information content (AvgIpc) is 3.37. The zero-order chi connectivity index (χ0) is 28.4. The van der Waals surface area contributed by atoms with E-state index in [0.29, 0.717) is 24.0 Å². The van der Waals surface area contributed by atoms with E-state index < -0.39 is 5.60 Å². The molecule has 0 aliphatic carbocycles. The number of rotatable bonds is 7. The minimum Gasteiger partial charge on any atom is -0.473 e. The molecule has 1 aliphatic rings. The van der Waals surface area contributed by atoms with Gasteiger partial charge in [0.1, 0.15) is 12.2 Å². The quantitative estimate of drug-likeness (QED) is 0.219. The van der Waals surface area contributed by atoms with Gasteiger partial charge in [0, 0.05) is 47.9 Å². The van der Waals surface area contributed by atoms with Crippen LogP contribution in [0.3, 0.4) is 0 Å². The molecule has 6 rings (SSSR count). The molecule has 3 aromatic heterocycles. The Balaban J connectivity index is 1.06. The first-order chi connectivity index (χ1) is 19.8. The Morgan fingerprint density at radius 1 is 0.951 bits per heavy atom. The number of fused-ring (bicyclic) bond motifs is 2. The van der Waals surface area contributed by atoms with Crippen LogP contribution in [0.2, 0.25) is 0 Å². The third-order valence-corrected chi connectivity index (χ3v) is 7.39. The van der Waals surface area contributed by atoms with Gasteiger partial charge in [0.25, 0.3) is 0 Å². The highest BCUT2D eigenvalue weighted by Gasteiger charge is 2.23. The Morgan fingerprint density at radius 2 is 1.78 bits per heavy atom. The Labute approximate surface area is 240 Å². The zero-order valence-electron chi connectivity index (χ0n) is 23.8. The van der Waals surface area contributed by atoms with Gasteiger partial charge in [-0.3, -0.25) is 9.88 Å². The molecule has 0 bridgehead atoms. The van der Waals surface area contributed by atoms with Crippen LogP contribution in [0.25, 0.3) is 21.9 Å². The maximum atomic E-state index is 12.6. The second-order valence-electron chi connectivity index (χ2n) is 11.7. The first kappa shape index (κ1) is 26.9. The molecule has 0 atom stereocenters. The normalized spacial score (nSPS) is 14.9. The highest BCUT2D eigenvalue weighted by Crippen LogP contribution is 2.29. The van der Waals surface area contributed by atoms with Crippen molar-refractivity contribution in [3.63, 3.8) is 0 Å². The van der Waals surface area contributed by atoms with Gasteiger partial charge < -0.3 is 14.0 Å². The van der Waals surface area contributed by atoms with E-state index in [1.807, 2.05) is 75.8 Å². The van der Waals surface area contributed by atoms with Gasteiger partial charge in [0.2, 0.25) is 5.88 Å². The van der Waals surface area contributed by atoms with Gasteiger partial charge >= 0.3 is 5.97 Å². The molecule has 41 heavy (non-hydrogen) atoms. The Hall–Kier alpha value is -4.30. The topological polar surface area (TPSA) is 82.4 Å². The molecule has 8 nitrogen and oxygen atoms in total. The molecule has 210 valence electrons. The molecule has 0 spiro atoms. The monoisotopic (exact) mass is 549 g/mol. The molecular formula is C33H35N5O3. The minimum atomic E-state index is -0.536. The SMILES string of the molecule is CC(C)(C)OC(=O)c1ccc2ncn(CN3CCC(c4cccc(OCc5cnc6ccccc6c5)n4)CC3)c2c1. The number of pyridine rings is 2. The van der Waals surface area contributed by atoms with Gasteiger partial charge in [0.15, 0.2) is 0 Å². The first-order valence-electron chi connectivity index (χ1n) is 14.1. The van der Waals surface area contributed by atoms with Crippen molar-refractivity contribution < 1.29 is 14.3 Å². The van der Waals surface area contributed by atoms with E-state index in [1.54, 1.807) is 6.07 Å². The molecule has 4 heterocycles. The summed E-state index contributed by atoms with van der Waals surface area (Å²) in [6.45, 7) is 8.68.